The first-order valence-electron chi connectivity index (χ1n) is 4.61. The van der Waals surface area contributed by atoms with Gasteiger partial charge in [0.05, 0.1) is 17.3 Å². The summed E-state index contributed by atoms with van der Waals surface area (Å²) in [6.07, 6.45) is 0. The summed E-state index contributed by atoms with van der Waals surface area (Å²) in [4.78, 5) is 4.22. The number of hydrogen-bond donors (Lipinski definition) is 0. The van der Waals surface area contributed by atoms with E-state index in [2.05, 4.69) is 16.2 Å². The predicted octanol–water partition coefficient (Wildman–Crippen LogP) is 1.76. The monoisotopic (exact) mass is 198 g/mol. The van der Waals surface area contributed by atoms with Crippen LogP contribution in [0.25, 0.3) is 5.69 Å². The van der Waals surface area contributed by atoms with Crippen molar-refractivity contribution in [1.29, 1.82) is 5.26 Å². The number of aryl methyl sites for hydroxylation is 2. The molecule has 4 heteroatoms. The number of nitrogens with zero attached hydrogens (tertiary/aromatic N) is 4. The third-order valence-corrected chi connectivity index (χ3v) is 2.12. The van der Waals surface area contributed by atoms with Crippen molar-refractivity contribution in [3.05, 3.63) is 41.5 Å². The first kappa shape index (κ1) is 9.41. The van der Waals surface area contributed by atoms with Gasteiger partial charge >= 0.3 is 0 Å². The number of rotatable bonds is 1. The highest BCUT2D eigenvalue weighted by Gasteiger charge is 2.04. The summed E-state index contributed by atoms with van der Waals surface area (Å²) in [5.74, 6) is 1.59. The molecule has 2 rings (SSSR count). The molecule has 2 aromatic rings. The van der Waals surface area contributed by atoms with Crippen molar-refractivity contribution in [2.45, 2.75) is 13.8 Å². The van der Waals surface area contributed by atoms with Gasteiger partial charge in [-0.25, -0.2) is 9.67 Å². The van der Waals surface area contributed by atoms with Gasteiger partial charge in [-0.3, -0.25) is 0 Å². The number of benzene rings is 1. The molecule has 1 aromatic carbocycles. The highest BCUT2D eigenvalue weighted by Crippen LogP contribution is 2.10. The summed E-state index contributed by atoms with van der Waals surface area (Å²) in [7, 11) is 0. The summed E-state index contributed by atoms with van der Waals surface area (Å²) < 4.78 is 1.76. The smallest absolute Gasteiger partial charge is 0.148 e. The molecule has 74 valence electrons. The van der Waals surface area contributed by atoms with Crippen molar-refractivity contribution < 1.29 is 0 Å². The number of hydrogen-bond acceptors (Lipinski definition) is 3. The third-order valence-electron chi connectivity index (χ3n) is 2.12. The summed E-state index contributed by atoms with van der Waals surface area (Å²) in [6.45, 7) is 3.76. The number of aromatic nitrogens is 3. The second-order valence-electron chi connectivity index (χ2n) is 3.28. The Hall–Kier alpha value is -2.15. The molecule has 0 saturated carbocycles. The minimum atomic E-state index is 0.647. The molecule has 0 unspecified atom stereocenters. The largest absolute Gasteiger partial charge is 0.218 e. The summed E-state index contributed by atoms with van der Waals surface area (Å²) >= 11 is 0. The molecule has 0 amide bonds. The Morgan fingerprint density at radius 2 is 1.87 bits per heavy atom. The molecular weight excluding hydrogens is 188 g/mol. The Labute approximate surface area is 87.8 Å². The highest BCUT2D eigenvalue weighted by atomic mass is 15.3. The fourth-order valence-electron chi connectivity index (χ4n) is 1.44. The van der Waals surface area contributed by atoms with Gasteiger partial charge in [0, 0.05) is 0 Å². The van der Waals surface area contributed by atoms with Gasteiger partial charge in [0.25, 0.3) is 0 Å². The minimum Gasteiger partial charge on any atom is -0.218 e. The van der Waals surface area contributed by atoms with Crippen molar-refractivity contribution in [3.8, 4) is 11.8 Å². The molecule has 0 bridgehead atoms. The van der Waals surface area contributed by atoms with Crippen LogP contribution < -0.4 is 0 Å². The molecule has 0 spiro atoms. The van der Waals surface area contributed by atoms with Crippen LogP contribution in [0.4, 0.5) is 0 Å². The first-order chi connectivity index (χ1) is 7.20. The second kappa shape index (κ2) is 3.54. The Balaban J connectivity index is 2.46. The second-order valence-corrected chi connectivity index (χ2v) is 3.28. The molecule has 15 heavy (non-hydrogen) atoms. The lowest BCUT2D eigenvalue weighted by Gasteiger charge is -2.01. The third kappa shape index (κ3) is 1.72. The van der Waals surface area contributed by atoms with Crippen molar-refractivity contribution in [1.82, 2.24) is 14.8 Å². The van der Waals surface area contributed by atoms with Crippen molar-refractivity contribution in [3.63, 3.8) is 0 Å². The molecule has 0 saturated heterocycles. The molecule has 0 atom stereocenters. The predicted molar refractivity (Wildman–Crippen MR) is 55.5 cm³/mol. The van der Waals surface area contributed by atoms with Gasteiger partial charge in [0.15, 0.2) is 0 Å². The minimum absolute atomic E-state index is 0.647. The lowest BCUT2D eigenvalue weighted by atomic mass is 10.2. The maximum atomic E-state index is 8.67. The van der Waals surface area contributed by atoms with E-state index < -0.39 is 0 Å². The summed E-state index contributed by atoms with van der Waals surface area (Å²) in [5.41, 5.74) is 1.57. The highest BCUT2D eigenvalue weighted by molar-refractivity contribution is 5.39. The molecule has 0 aliphatic carbocycles. The molecule has 1 heterocycles. The number of nitriles is 1. The molecule has 0 N–H and O–H groups in total. The van der Waals surface area contributed by atoms with E-state index >= 15 is 0 Å². The van der Waals surface area contributed by atoms with E-state index in [-0.39, 0.29) is 0 Å². The van der Waals surface area contributed by atoms with E-state index in [0.29, 0.717) is 5.56 Å². The summed E-state index contributed by atoms with van der Waals surface area (Å²) in [5, 5.41) is 12.9. The normalized spacial score (nSPS) is 9.93. The van der Waals surface area contributed by atoms with E-state index in [0.717, 1.165) is 17.3 Å². The van der Waals surface area contributed by atoms with Crippen LogP contribution in [0.3, 0.4) is 0 Å². The van der Waals surface area contributed by atoms with Crippen LogP contribution in [0.5, 0.6) is 0 Å². The van der Waals surface area contributed by atoms with Crippen molar-refractivity contribution in [2.24, 2.45) is 0 Å². The summed E-state index contributed by atoms with van der Waals surface area (Å²) in [6, 6.07) is 9.34. The molecule has 0 fully saturated rings. The fourth-order valence-corrected chi connectivity index (χ4v) is 1.44. The maximum Gasteiger partial charge on any atom is 0.148 e. The van der Waals surface area contributed by atoms with Gasteiger partial charge in [-0.05, 0) is 38.1 Å². The molecular formula is C11H10N4. The Morgan fingerprint density at radius 1 is 1.20 bits per heavy atom. The lowest BCUT2D eigenvalue weighted by Crippen LogP contribution is -1.98. The van der Waals surface area contributed by atoms with E-state index in [1.54, 1.807) is 16.8 Å². The van der Waals surface area contributed by atoms with E-state index in [4.69, 9.17) is 5.26 Å². The van der Waals surface area contributed by atoms with Gasteiger partial charge in [-0.1, -0.05) is 0 Å². The van der Waals surface area contributed by atoms with Crippen LogP contribution in [0.2, 0.25) is 0 Å². The zero-order valence-electron chi connectivity index (χ0n) is 8.60. The molecule has 1 aromatic heterocycles. The van der Waals surface area contributed by atoms with Crippen LogP contribution in [0, 0.1) is 25.2 Å². The quantitative estimate of drug-likeness (QED) is 0.701. The van der Waals surface area contributed by atoms with Gasteiger partial charge < -0.3 is 0 Å². The first-order valence-corrected chi connectivity index (χ1v) is 4.61. The van der Waals surface area contributed by atoms with Gasteiger partial charge in [-0.2, -0.15) is 10.4 Å². The molecule has 0 radical (unpaired) electrons. The molecule has 4 nitrogen and oxygen atoms in total. The van der Waals surface area contributed by atoms with Crippen LogP contribution in [-0.4, -0.2) is 14.8 Å². The fraction of sp³-hybridized carbons (Fsp3) is 0.182. The van der Waals surface area contributed by atoms with Crippen molar-refractivity contribution >= 4 is 0 Å². The topological polar surface area (TPSA) is 54.5 Å². The maximum absolute atomic E-state index is 8.67. The Bertz CT molecular complexity index is 517. The van der Waals surface area contributed by atoms with Crippen molar-refractivity contribution in [2.75, 3.05) is 0 Å². The zero-order chi connectivity index (χ0) is 10.8. The van der Waals surface area contributed by atoms with Gasteiger partial charge in [-0.15, -0.1) is 0 Å². The Morgan fingerprint density at radius 3 is 2.33 bits per heavy atom. The average molecular weight is 198 g/mol. The van der Waals surface area contributed by atoms with E-state index in [1.807, 2.05) is 26.0 Å². The average Bonchev–Trinajstić information content (AvgIpc) is 2.58. The van der Waals surface area contributed by atoms with E-state index in [9.17, 15) is 0 Å². The van der Waals surface area contributed by atoms with Crippen LogP contribution in [0.1, 0.15) is 17.2 Å². The van der Waals surface area contributed by atoms with Crippen LogP contribution in [-0.2, 0) is 0 Å². The van der Waals surface area contributed by atoms with E-state index in [1.165, 1.54) is 0 Å². The lowest BCUT2D eigenvalue weighted by molar-refractivity contribution is 0.831. The van der Waals surface area contributed by atoms with Crippen LogP contribution >= 0.6 is 0 Å². The van der Waals surface area contributed by atoms with Gasteiger partial charge in [0.2, 0.25) is 0 Å². The molecule has 0 aliphatic heterocycles. The van der Waals surface area contributed by atoms with Crippen LogP contribution in [0.15, 0.2) is 24.3 Å². The van der Waals surface area contributed by atoms with Gasteiger partial charge in [0.1, 0.15) is 11.6 Å². The molecule has 0 aliphatic rings. The SMILES string of the molecule is Cc1nc(C)n(-c2ccc(C#N)cc2)n1. The zero-order valence-corrected chi connectivity index (χ0v) is 8.60. The standard InChI is InChI=1S/C11H10N4/c1-8-13-9(2)15(14-8)11-5-3-10(7-12)4-6-11/h3-6H,1-2H3. The Kier molecular flexibility index (Phi) is 2.22.